The van der Waals surface area contributed by atoms with Crippen molar-refractivity contribution in [3.8, 4) is 0 Å². The lowest BCUT2D eigenvalue weighted by atomic mass is 9.98. The Balaban J connectivity index is 0.000000151. The third-order valence-corrected chi connectivity index (χ3v) is 8.71. The third kappa shape index (κ3) is 9.93. The van der Waals surface area contributed by atoms with E-state index in [0.717, 1.165) is 67.1 Å². The normalized spacial score (nSPS) is 15.9. The molecule has 3 heterocycles. The topological polar surface area (TPSA) is 170 Å². The van der Waals surface area contributed by atoms with Crippen LogP contribution in [-0.4, -0.2) is 48.1 Å². The molecule has 3 fully saturated rings. The molecule has 4 N–H and O–H groups in total. The molecule has 3 aliphatic carbocycles. The van der Waals surface area contributed by atoms with E-state index in [9.17, 15) is 14.4 Å². The van der Waals surface area contributed by atoms with Crippen molar-refractivity contribution in [3.05, 3.63) is 65.1 Å². The number of nitrogens with one attached hydrogen (secondary N) is 2. The molecular weight excluding hydrogens is 654 g/mol. The molecule has 0 atom stereocenters. The van der Waals surface area contributed by atoms with Gasteiger partial charge in [-0.1, -0.05) is 58.4 Å². The Bertz CT molecular complexity index is 1920. The quantitative estimate of drug-likeness (QED) is 0.122. The number of fused-ring (bicyclic) bond motifs is 2. The zero-order valence-corrected chi connectivity index (χ0v) is 30.1. The van der Waals surface area contributed by atoms with Crippen LogP contribution in [0.2, 0.25) is 5.02 Å². The second-order valence-corrected chi connectivity index (χ2v) is 14.0. The first-order valence-electron chi connectivity index (χ1n) is 17.4. The van der Waals surface area contributed by atoms with Crippen LogP contribution in [0.3, 0.4) is 0 Å². The van der Waals surface area contributed by atoms with Crippen LogP contribution < -0.4 is 16.4 Å². The summed E-state index contributed by atoms with van der Waals surface area (Å²) in [5.41, 5.74) is 8.40. The minimum absolute atomic E-state index is 0.0565. The fourth-order valence-electron chi connectivity index (χ4n) is 5.08. The molecule has 0 unspecified atom stereocenters. The molecule has 3 aliphatic rings. The smallest absolute Gasteiger partial charge is 0.254 e. The average molecular weight is 700 g/mol. The van der Waals surface area contributed by atoms with E-state index in [1.165, 1.54) is 6.33 Å². The van der Waals surface area contributed by atoms with Gasteiger partial charge in [0.1, 0.15) is 23.8 Å². The van der Waals surface area contributed by atoms with Gasteiger partial charge in [0.05, 0.1) is 16.2 Å². The van der Waals surface area contributed by atoms with Gasteiger partial charge in [-0.05, 0) is 86.6 Å². The van der Waals surface area contributed by atoms with Gasteiger partial charge in [-0.25, -0.2) is 9.50 Å². The highest BCUT2D eigenvalue weighted by Crippen LogP contribution is 2.34. The largest absolute Gasteiger partial charge is 0.384 e. The maximum Gasteiger partial charge on any atom is 0.254 e. The predicted molar refractivity (Wildman–Crippen MR) is 197 cm³/mol. The monoisotopic (exact) mass is 699 g/mol. The van der Waals surface area contributed by atoms with Crippen molar-refractivity contribution in [2.45, 2.75) is 91.4 Å². The molecule has 0 aliphatic heterocycles. The van der Waals surface area contributed by atoms with E-state index in [2.05, 4.69) is 63.4 Å². The van der Waals surface area contributed by atoms with Crippen molar-refractivity contribution in [1.82, 2.24) is 24.6 Å². The lowest BCUT2D eigenvalue weighted by molar-refractivity contribution is -0.119. The number of anilines is 2. The van der Waals surface area contributed by atoms with Crippen LogP contribution in [0.5, 0.6) is 0 Å². The predicted octanol–water partition coefficient (Wildman–Crippen LogP) is 7.20. The number of rotatable bonds is 9. The van der Waals surface area contributed by atoms with Gasteiger partial charge < -0.3 is 16.4 Å². The number of aliphatic imine (C=N–C) groups is 1. The van der Waals surface area contributed by atoms with Crippen molar-refractivity contribution < 1.29 is 14.4 Å². The van der Waals surface area contributed by atoms with Gasteiger partial charge in [0.25, 0.3) is 11.7 Å². The van der Waals surface area contributed by atoms with Crippen LogP contribution in [-0.2, 0) is 14.4 Å². The van der Waals surface area contributed by atoms with Gasteiger partial charge in [0, 0.05) is 29.2 Å². The van der Waals surface area contributed by atoms with E-state index >= 15 is 0 Å². The van der Waals surface area contributed by atoms with Crippen LogP contribution in [0.1, 0.15) is 103 Å². The number of hydrogen-bond acceptors (Lipinski definition) is 7. The summed E-state index contributed by atoms with van der Waals surface area (Å²) >= 11 is 6.30. The molecule has 0 radical (unpaired) electrons. The fourth-order valence-corrected chi connectivity index (χ4v) is 5.35. The summed E-state index contributed by atoms with van der Waals surface area (Å²) in [6, 6.07) is 9.50. The van der Waals surface area contributed by atoms with Gasteiger partial charge in [-0.15, -0.1) is 0 Å². The molecule has 4 aromatic rings. The van der Waals surface area contributed by atoms with E-state index in [-0.39, 0.29) is 41.4 Å². The molecule has 13 heteroatoms. The molecule has 3 aromatic heterocycles. The van der Waals surface area contributed by atoms with Gasteiger partial charge in [-0.3, -0.25) is 14.4 Å². The molecule has 7 rings (SSSR count). The van der Waals surface area contributed by atoms with Crippen molar-refractivity contribution in [1.29, 1.82) is 0 Å². The Hall–Kier alpha value is -4.71. The number of amides is 3. The number of allylic oxidation sites excluding steroid dienone is 1. The van der Waals surface area contributed by atoms with Gasteiger partial charge >= 0.3 is 0 Å². The molecule has 0 saturated heterocycles. The number of halogens is 1. The third-order valence-electron chi connectivity index (χ3n) is 8.40. The average Bonchev–Trinajstić information content (AvgIpc) is 3.93. The molecule has 12 nitrogen and oxygen atoms in total. The highest BCUT2D eigenvalue weighted by molar-refractivity contribution is 6.35. The van der Waals surface area contributed by atoms with Crippen LogP contribution in [0, 0.1) is 17.8 Å². The Kier molecular flexibility index (Phi) is 11.9. The van der Waals surface area contributed by atoms with Crippen LogP contribution >= 0.6 is 11.6 Å². The van der Waals surface area contributed by atoms with Crippen molar-refractivity contribution in [3.63, 3.8) is 0 Å². The summed E-state index contributed by atoms with van der Waals surface area (Å²) < 4.78 is 1.71. The van der Waals surface area contributed by atoms with Gasteiger partial charge in [0.2, 0.25) is 11.8 Å². The number of nitrogens with zero attached hydrogens (tertiary/aromatic N) is 6. The summed E-state index contributed by atoms with van der Waals surface area (Å²) in [5, 5.41) is 11.6. The number of amidine groups is 1. The zero-order chi connectivity index (χ0) is 35.9. The molecule has 3 amide bonds. The standard InChI is InChI=1S/C16H17ClN2O.C12H15N5O.C9H14N2O/c1-9(2)11-8-14(19-16(20)10-6-7-10)18-13-5-3-4-12(17)15(11)13;1-7(2)9-5-10(15-11(18)8-3-4-8)16-12-13-6-14-17(9)12;1-2-3-4-8(10)11-9(12)7-5-6-7/h3-5,8-10H,6-7H2,1-2H3,(H,18,19,20);5-8H,3-4H2,1-2H3,(H,13,14,15,16,18);3-4,7H,2,5-6H2,1H3,(H2,10,11,12)/b;;4-3+. The van der Waals surface area contributed by atoms with Gasteiger partial charge in [0.15, 0.2) is 0 Å². The number of hydrogen-bond donors (Lipinski definition) is 3. The Labute approximate surface area is 297 Å². The molecule has 0 bridgehead atoms. The molecule has 0 spiro atoms. The zero-order valence-electron chi connectivity index (χ0n) is 29.3. The number of pyridine rings is 1. The lowest BCUT2D eigenvalue weighted by Crippen LogP contribution is -2.16. The Morgan fingerprint density at radius 2 is 1.56 bits per heavy atom. The summed E-state index contributed by atoms with van der Waals surface area (Å²) in [7, 11) is 0. The summed E-state index contributed by atoms with van der Waals surface area (Å²) in [6.45, 7) is 10.4. The molecule has 264 valence electrons. The van der Waals surface area contributed by atoms with E-state index < -0.39 is 0 Å². The summed E-state index contributed by atoms with van der Waals surface area (Å²) in [6.07, 6.45) is 11.9. The van der Waals surface area contributed by atoms with E-state index in [0.29, 0.717) is 34.2 Å². The Morgan fingerprint density at radius 1 is 0.940 bits per heavy atom. The van der Waals surface area contributed by atoms with Crippen LogP contribution in [0.15, 0.2) is 53.8 Å². The first-order valence-corrected chi connectivity index (χ1v) is 17.8. The van der Waals surface area contributed by atoms with Crippen LogP contribution in [0.25, 0.3) is 16.7 Å². The lowest BCUT2D eigenvalue weighted by Gasteiger charge is -2.14. The summed E-state index contributed by atoms with van der Waals surface area (Å²) in [5.74, 6) is 3.22. The molecule has 3 saturated carbocycles. The number of carbonyl (C=O) groups excluding carboxylic acids is 3. The first kappa shape index (κ1) is 36.6. The molecule has 50 heavy (non-hydrogen) atoms. The minimum atomic E-state index is -0.0618. The van der Waals surface area contributed by atoms with Crippen LogP contribution in [0.4, 0.5) is 11.6 Å². The second kappa shape index (κ2) is 16.3. The minimum Gasteiger partial charge on any atom is -0.384 e. The summed E-state index contributed by atoms with van der Waals surface area (Å²) in [4.78, 5) is 51.3. The highest BCUT2D eigenvalue weighted by atomic mass is 35.5. The maximum absolute atomic E-state index is 11.9. The SMILES string of the molecule is CC(C)c1cc(NC(=O)C2CC2)nc2cccc(Cl)c12.CC(C)c1cc(NC(=O)C2CC2)nc2ncnn12.CC/C=C/C(N)=NC(=O)C1CC1. The van der Waals surface area contributed by atoms with Crippen molar-refractivity contribution in [2.24, 2.45) is 28.5 Å². The van der Waals surface area contributed by atoms with E-state index in [1.807, 2.05) is 43.3 Å². The number of aromatic nitrogens is 5. The number of carbonyl (C=O) groups is 3. The van der Waals surface area contributed by atoms with Gasteiger partial charge in [-0.2, -0.15) is 20.1 Å². The van der Waals surface area contributed by atoms with E-state index in [4.69, 9.17) is 17.3 Å². The van der Waals surface area contributed by atoms with E-state index in [1.54, 1.807) is 10.6 Å². The highest BCUT2D eigenvalue weighted by Gasteiger charge is 2.31. The van der Waals surface area contributed by atoms with Crippen molar-refractivity contribution >= 4 is 63.5 Å². The Morgan fingerprint density at radius 3 is 2.12 bits per heavy atom. The number of nitrogens with two attached hydrogens (primary N) is 1. The van der Waals surface area contributed by atoms with Crippen molar-refractivity contribution in [2.75, 3.05) is 10.6 Å². The molecular formula is C37H46ClN9O3. The number of benzene rings is 1. The maximum atomic E-state index is 11.9. The second-order valence-electron chi connectivity index (χ2n) is 13.6. The fraction of sp³-hybridized carbons (Fsp3) is 0.459. The molecule has 1 aromatic carbocycles. The first-order chi connectivity index (χ1) is 23.9.